The first-order valence-corrected chi connectivity index (χ1v) is 7.61. The second-order valence-electron chi connectivity index (χ2n) is 4.94. The molecule has 0 aromatic heterocycles. The van der Waals surface area contributed by atoms with Crippen LogP contribution in [0, 0.1) is 0 Å². The number of benzene rings is 1. The topological polar surface area (TPSA) is 38.5 Å². The van der Waals surface area contributed by atoms with Gasteiger partial charge >= 0.3 is 0 Å². The zero-order chi connectivity index (χ0) is 14.4. The van der Waals surface area contributed by atoms with Crippen LogP contribution >= 0.6 is 15.9 Å². The maximum absolute atomic E-state index is 5.92. The first-order valence-electron chi connectivity index (χ1n) is 6.81. The summed E-state index contributed by atoms with van der Waals surface area (Å²) in [6, 6.07) is 6.90. The van der Waals surface area contributed by atoms with Crippen LogP contribution in [0.1, 0.15) is 38.8 Å². The third-order valence-electron chi connectivity index (χ3n) is 3.47. The standard InChI is InChI=1S/C15H25BrN2O/c1-5-11(2)18(8-9-19-4)15-7-6-13(12(3)17)10-14(15)16/h6-7,10-12H,5,8-9,17H2,1-4H3/t11?,12-/m1/s1. The van der Waals surface area contributed by atoms with Gasteiger partial charge in [0.25, 0.3) is 0 Å². The van der Waals surface area contributed by atoms with Gasteiger partial charge in [0.1, 0.15) is 0 Å². The molecule has 1 aromatic rings. The smallest absolute Gasteiger partial charge is 0.0637 e. The van der Waals surface area contributed by atoms with Gasteiger partial charge in [-0.15, -0.1) is 0 Å². The van der Waals surface area contributed by atoms with E-state index in [9.17, 15) is 0 Å². The quantitative estimate of drug-likeness (QED) is 0.829. The Balaban J connectivity index is 3.01. The molecule has 1 rings (SSSR count). The first-order chi connectivity index (χ1) is 9.01. The highest BCUT2D eigenvalue weighted by Gasteiger charge is 2.16. The Bertz CT molecular complexity index is 396. The second-order valence-corrected chi connectivity index (χ2v) is 5.80. The van der Waals surface area contributed by atoms with Crippen molar-refractivity contribution in [1.82, 2.24) is 0 Å². The van der Waals surface area contributed by atoms with Crippen molar-refractivity contribution >= 4 is 21.6 Å². The molecule has 0 aliphatic carbocycles. The molecular weight excluding hydrogens is 304 g/mol. The molecule has 0 spiro atoms. The minimum atomic E-state index is 0.0568. The maximum Gasteiger partial charge on any atom is 0.0637 e. The number of ether oxygens (including phenoxy) is 1. The summed E-state index contributed by atoms with van der Waals surface area (Å²) in [5.41, 5.74) is 8.27. The highest BCUT2D eigenvalue weighted by atomic mass is 79.9. The van der Waals surface area contributed by atoms with E-state index in [2.05, 4.69) is 52.9 Å². The average Bonchev–Trinajstić information content (AvgIpc) is 2.39. The van der Waals surface area contributed by atoms with Crippen LogP contribution in [0.4, 0.5) is 5.69 Å². The van der Waals surface area contributed by atoms with E-state index < -0.39 is 0 Å². The van der Waals surface area contributed by atoms with Crippen LogP contribution in [0.2, 0.25) is 0 Å². The summed E-state index contributed by atoms with van der Waals surface area (Å²) in [6.07, 6.45) is 1.10. The maximum atomic E-state index is 5.92. The third-order valence-corrected chi connectivity index (χ3v) is 4.10. The molecule has 0 saturated carbocycles. The Hall–Kier alpha value is -0.580. The van der Waals surface area contributed by atoms with E-state index in [1.54, 1.807) is 7.11 Å². The minimum absolute atomic E-state index is 0.0568. The Morgan fingerprint density at radius 3 is 2.53 bits per heavy atom. The normalized spacial score (nSPS) is 14.2. The van der Waals surface area contributed by atoms with Crippen LogP contribution in [0.25, 0.3) is 0 Å². The van der Waals surface area contributed by atoms with Crippen molar-refractivity contribution in [3.63, 3.8) is 0 Å². The third kappa shape index (κ3) is 4.48. The largest absolute Gasteiger partial charge is 0.383 e. The number of anilines is 1. The van der Waals surface area contributed by atoms with E-state index in [0.29, 0.717) is 6.04 Å². The van der Waals surface area contributed by atoms with Gasteiger partial charge in [0.2, 0.25) is 0 Å². The minimum Gasteiger partial charge on any atom is -0.383 e. The fourth-order valence-corrected chi connectivity index (χ4v) is 2.65. The number of halogens is 1. The summed E-state index contributed by atoms with van der Waals surface area (Å²) in [5, 5.41) is 0. The number of nitrogens with two attached hydrogens (primary N) is 1. The SMILES string of the molecule is CCC(C)N(CCOC)c1ccc([C@@H](C)N)cc1Br. The van der Waals surface area contributed by atoms with E-state index in [0.717, 1.165) is 29.6 Å². The molecule has 2 atom stereocenters. The van der Waals surface area contributed by atoms with Crippen molar-refractivity contribution in [1.29, 1.82) is 0 Å². The molecule has 19 heavy (non-hydrogen) atoms. The highest BCUT2D eigenvalue weighted by Crippen LogP contribution is 2.30. The van der Waals surface area contributed by atoms with Gasteiger partial charge in [-0.05, 0) is 53.9 Å². The lowest BCUT2D eigenvalue weighted by atomic mass is 10.1. The fourth-order valence-electron chi connectivity index (χ4n) is 2.03. The van der Waals surface area contributed by atoms with Gasteiger partial charge in [-0.2, -0.15) is 0 Å². The summed E-state index contributed by atoms with van der Waals surface area (Å²) < 4.78 is 6.31. The van der Waals surface area contributed by atoms with E-state index in [1.165, 1.54) is 5.69 Å². The number of hydrogen-bond acceptors (Lipinski definition) is 3. The monoisotopic (exact) mass is 328 g/mol. The predicted molar refractivity (Wildman–Crippen MR) is 85.7 cm³/mol. The predicted octanol–water partition coefficient (Wildman–Crippen LogP) is 3.72. The molecule has 0 bridgehead atoms. The van der Waals surface area contributed by atoms with Crippen molar-refractivity contribution in [3.05, 3.63) is 28.2 Å². The lowest BCUT2D eigenvalue weighted by molar-refractivity contribution is 0.203. The van der Waals surface area contributed by atoms with Crippen molar-refractivity contribution in [2.24, 2.45) is 5.73 Å². The molecule has 0 saturated heterocycles. The van der Waals surface area contributed by atoms with Crippen LogP contribution in [0.5, 0.6) is 0 Å². The van der Waals surface area contributed by atoms with Crippen LogP contribution in [0.15, 0.2) is 22.7 Å². The lowest BCUT2D eigenvalue weighted by Gasteiger charge is -2.31. The van der Waals surface area contributed by atoms with Crippen LogP contribution in [-0.4, -0.2) is 26.3 Å². The second kappa shape index (κ2) is 7.88. The molecule has 0 aliphatic rings. The number of methoxy groups -OCH3 is 1. The van der Waals surface area contributed by atoms with Crippen molar-refractivity contribution < 1.29 is 4.74 Å². The molecule has 0 heterocycles. The van der Waals surface area contributed by atoms with Gasteiger partial charge in [0.05, 0.1) is 12.3 Å². The Kier molecular flexibility index (Phi) is 6.83. The van der Waals surface area contributed by atoms with Gasteiger partial charge in [0.15, 0.2) is 0 Å². The van der Waals surface area contributed by atoms with Gasteiger partial charge in [-0.1, -0.05) is 13.0 Å². The molecule has 108 valence electrons. The summed E-state index contributed by atoms with van der Waals surface area (Å²) in [5.74, 6) is 0. The van der Waals surface area contributed by atoms with Crippen LogP contribution in [0.3, 0.4) is 0 Å². The number of nitrogens with zero attached hydrogens (tertiary/aromatic N) is 1. The summed E-state index contributed by atoms with van der Waals surface area (Å²) in [4.78, 5) is 2.37. The van der Waals surface area contributed by atoms with E-state index in [1.807, 2.05) is 6.92 Å². The zero-order valence-corrected chi connectivity index (χ0v) is 13.9. The molecule has 0 radical (unpaired) electrons. The van der Waals surface area contributed by atoms with Crippen molar-refractivity contribution in [2.45, 2.75) is 39.3 Å². The lowest BCUT2D eigenvalue weighted by Crippen LogP contribution is -2.35. The average molecular weight is 329 g/mol. The van der Waals surface area contributed by atoms with Crippen molar-refractivity contribution in [3.8, 4) is 0 Å². The molecule has 0 fully saturated rings. The molecule has 4 heteroatoms. The van der Waals surface area contributed by atoms with Crippen molar-refractivity contribution in [2.75, 3.05) is 25.2 Å². The zero-order valence-electron chi connectivity index (χ0n) is 12.3. The van der Waals surface area contributed by atoms with E-state index in [-0.39, 0.29) is 6.04 Å². The van der Waals surface area contributed by atoms with E-state index >= 15 is 0 Å². The fraction of sp³-hybridized carbons (Fsp3) is 0.600. The van der Waals surface area contributed by atoms with Gasteiger partial charge in [0, 0.05) is 30.2 Å². The number of hydrogen-bond donors (Lipinski definition) is 1. The molecule has 0 amide bonds. The summed E-state index contributed by atoms with van der Waals surface area (Å²) in [7, 11) is 1.74. The molecule has 3 nitrogen and oxygen atoms in total. The molecule has 2 N–H and O–H groups in total. The molecular formula is C15H25BrN2O. The molecule has 1 unspecified atom stereocenters. The van der Waals surface area contributed by atoms with Gasteiger partial charge in [-0.3, -0.25) is 0 Å². The molecule has 1 aromatic carbocycles. The molecule has 0 aliphatic heterocycles. The van der Waals surface area contributed by atoms with Crippen LogP contribution < -0.4 is 10.6 Å². The van der Waals surface area contributed by atoms with E-state index in [4.69, 9.17) is 10.5 Å². The Morgan fingerprint density at radius 1 is 1.37 bits per heavy atom. The summed E-state index contributed by atoms with van der Waals surface area (Å²) >= 11 is 3.67. The first kappa shape index (κ1) is 16.5. The van der Waals surface area contributed by atoms with Crippen LogP contribution in [-0.2, 0) is 4.74 Å². The van der Waals surface area contributed by atoms with Gasteiger partial charge in [-0.25, -0.2) is 0 Å². The highest BCUT2D eigenvalue weighted by molar-refractivity contribution is 9.10. The number of rotatable bonds is 7. The Labute approximate surface area is 125 Å². The summed E-state index contributed by atoms with van der Waals surface area (Å²) in [6.45, 7) is 8.06. The Morgan fingerprint density at radius 2 is 2.05 bits per heavy atom. The van der Waals surface area contributed by atoms with Gasteiger partial charge < -0.3 is 15.4 Å².